The van der Waals surface area contributed by atoms with Gasteiger partial charge in [0.25, 0.3) is 0 Å². The largest absolute Gasteiger partial charge is 0.353 e. The van der Waals surface area contributed by atoms with Crippen molar-refractivity contribution in [3.05, 3.63) is 23.4 Å². The predicted molar refractivity (Wildman–Crippen MR) is 72.6 cm³/mol. The molecule has 2 heterocycles. The van der Waals surface area contributed by atoms with Gasteiger partial charge in [-0.3, -0.25) is 4.90 Å². The summed E-state index contributed by atoms with van der Waals surface area (Å²) in [5.74, 6) is 0.847. The molecule has 0 bridgehead atoms. The van der Waals surface area contributed by atoms with E-state index in [-0.39, 0.29) is 0 Å². The average Bonchev–Trinajstić information content (AvgIpc) is 2.38. The average molecular weight is 244 g/mol. The van der Waals surface area contributed by atoms with Gasteiger partial charge in [0.05, 0.1) is 5.56 Å². The zero-order chi connectivity index (χ0) is 13.1. The molecule has 1 fully saturated rings. The quantitative estimate of drug-likeness (QED) is 0.795. The third-order valence-electron chi connectivity index (χ3n) is 3.61. The van der Waals surface area contributed by atoms with Crippen LogP contribution in [0.4, 0.5) is 5.82 Å². The minimum absolute atomic E-state index is 0.512. The van der Waals surface area contributed by atoms with Crippen molar-refractivity contribution in [1.82, 2.24) is 9.88 Å². The van der Waals surface area contributed by atoms with E-state index in [0.29, 0.717) is 11.6 Å². The Bertz CT molecular complexity index is 463. The van der Waals surface area contributed by atoms with Crippen molar-refractivity contribution in [2.45, 2.75) is 26.8 Å². The van der Waals surface area contributed by atoms with Crippen LogP contribution >= 0.6 is 0 Å². The fraction of sp³-hybridized carbons (Fsp3) is 0.571. The van der Waals surface area contributed by atoms with Crippen LogP contribution in [-0.4, -0.2) is 42.1 Å². The summed E-state index contributed by atoms with van der Waals surface area (Å²) >= 11 is 0. The van der Waals surface area contributed by atoms with Crippen LogP contribution in [0.5, 0.6) is 0 Å². The number of rotatable bonds is 2. The number of anilines is 1. The SMILES string of the molecule is CCN1CCN(c2nc(C)ccc2C#N)CC1C. The van der Waals surface area contributed by atoms with Crippen molar-refractivity contribution in [3.63, 3.8) is 0 Å². The Balaban J connectivity index is 2.23. The van der Waals surface area contributed by atoms with Crippen molar-refractivity contribution in [2.75, 3.05) is 31.1 Å². The van der Waals surface area contributed by atoms with Crippen molar-refractivity contribution in [1.29, 1.82) is 5.26 Å². The number of aryl methyl sites for hydroxylation is 1. The lowest BCUT2D eigenvalue weighted by Crippen LogP contribution is -2.52. The second kappa shape index (κ2) is 5.36. The Morgan fingerprint density at radius 2 is 2.22 bits per heavy atom. The third-order valence-corrected chi connectivity index (χ3v) is 3.61. The number of hydrogen-bond acceptors (Lipinski definition) is 4. The van der Waals surface area contributed by atoms with Crippen LogP contribution in [-0.2, 0) is 0 Å². The molecule has 4 nitrogen and oxygen atoms in total. The first-order valence-electron chi connectivity index (χ1n) is 6.52. The fourth-order valence-electron chi connectivity index (χ4n) is 2.53. The molecule has 0 saturated carbocycles. The normalized spacial score (nSPS) is 20.8. The Hall–Kier alpha value is -1.60. The fourth-order valence-corrected chi connectivity index (χ4v) is 2.53. The lowest BCUT2D eigenvalue weighted by molar-refractivity contribution is 0.199. The molecule has 0 aliphatic carbocycles. The third kappa shape index (κ3) is 2.46. The molecule has 1 aliphatic heterocycles. The second-order valence-corrected chi connectivity index (χ2v) is 4.86. The summed E-state index contributed by atoms with van der Waals surface area (Å²) in [5.41, 5.74) is 1.65. The van der Waals surface area contributed by atoms with E-state index in [4.69, 9.17) is 0 Å². The van der Waals surface area contributed by atoms with E-state index in [1.54, 1.807) is 0 Å². The number of nitriles is 1. The standard InChI is InChI=1S/C14H20N4/c1-4-17-7-8-18(10-12(17)3)14-13(9-15)6-5-11(2)16-14/h5-6,12H,4,7-8,10H2,1-3H3. The number of pyridine rings is 1. The molecule has 1 atom stereocenters. The number of nitrogens with zero attached hydrogens (tertiary/aromatic N) is 4. The Labute approximate surface area is 109 Å². The highest BCUT2D eigenvalue weighted by Crippen LogP contribution is 2.21. The Morgan fingerprint density at radius 1 is 1.44 bits per heavy atom. The molecule has 1 saturated heterocycles. The van der Waals surface area contributed by atoms with Gasteiger partial charge in [0.2, 0.25) is 0 Å². The highest BCUT2D eigenvalue weighted by atomic mass is 15.3. The smallest absolute Gasteiger partial charge is 0.146 e. The number of likely N-dealkylation sites (N-methyl/N-ethyl adjacent to an activating group) is 1. The van der Waals surface area contributed by atoms with Gasteiger partial charge in [0.15, 0.2) is 0 Å². The van der Waals surface area contributed by atoms with E-state index in [0.717, 1.165) is 37.7 Å². The van der Waals surface area contributed by atoms with Crippen molar-refractivity contribution >= 4 is 5.82 Å². The minimum Gasteiger partial charge on any atom is -0.353 e. The summed E-state index contributed by atoms with van der Waals surface area (Å²) in [7, 11) is 0. The van der Waals surface area contributed by atoms with Crippen LogP contribution in [0.15, 0.2) is 12.1 Å². The van der Waals surface area contributed by atoms with Crippen molar-refractivity contribution in [2.24, 2.45) is 0 Å². The van der Waals surface area contributed by atoms with Gasteiger partial charge in [-0.05, 0) is 32.5 Å². The van der Waals surface area contributed by atoms with Crippen molar-refractivity contribution < 1.29 is 0 Å². The molecule has 4 heteroatoms. The van der Waals surface area contributed by atoms with Gasteiger partial charge >= 0.3 is 0 Å². The monoisotopic (exact) mass is 244 g/mol. The van der Waals surface area contributed by atoms with Gasteiger partial charge in [-0.25, -0.2) is 4.98 Å². The molecular weight excluding hydrogens is 224 g/mol. The summed E-state index contributed by atoms with van der Waals surface area (Å²) in [6.07, 6.45) is 0. The molecule has 1 unspecified atom stereocenters. The zero-order valence-electron chi connectivity index (χ0n) is 11.3. The summed E-state index contributed by atoms with van der Waals surface area (Å²) in [5, 5.41) is 9.18. The molecule has 0 N–H and O–H groups in total. The summed E-state index contributed by atoms with van der Waals surface area (Å²) in [4.78, 5) is 9.23. The molecule has 0 amide bonds. The van der Waals surface area contributed by atoms with Gasteiger partial charge in [-0.1, -0.05) is 6.92 Å². The number of hydrogen-bond donors (Lipinski definition) is 0. The highest BCUT2D eigenvalue weighted by Gasteiger charge is 2.24. The molecule has 18 heavy (non-hydrogen) atoms. The maximum absolute atomic E-state index is 9.18. The highest BCUT2D eigenvalue weighted by molar-refractivity contribution is 5.54. The maximum Gasteiger partial charge on any atom is 0.146 e. The van der Waals surface area contributed by atoms with Gasteiger partial charge in [0.1, 0.15) is 11.9 Å². The van der Waals surface area contributed by atoms with E-state index >= 15 is 0 Å². The number of aromatic nitrogens is 1. The molecule has 1 aliphatic rings. The zero-order valence-corrected chi connectivity index (χ0v) is 11.3. The summed E-state index contributed by atoms with van der Waals surface area (Å²) < 4.78 is 0. The van der Waals surface area contributed by atoms with Gasteiger partial charge in [0, 0.05) is 31.4 Å². The van der Waals surface area contributed by atoms with Gasteiger partial charge in [-0.2, -0.15) is 5.26 Å². The van der Waals surface area contributed by atoms with Crippen LogP contribution in [0.3, 0.4) is 0 Å². The molecule has 2 rings (SSSR count). The van der Waals surface area contributed by atoms with Crippen LogP contribution in [0.2, 0.25) is 0 Å². The van der Waals surface area contributed by atoms with Crippen LogP contribution < -0.4 is 4.90 Å². The Kier molecular flexibility index (Phi) is 3.83. The second-order valence-electron chi connectivity index (χ2n) is 4.86. The maximum atomic E-state index is 9.18. The van der Waals surface area contributed by atoms with E-state index < -0.39 is 0 Å². The predicted octanol–water partition coefficient (Wildman–Crippen LogP) is 1.79. The molecule has 0 spiro atoms. The Morgan fingerprint density at radius 3 is 2.83 bits per heavy atom. The molecule has 1 aromatic heterocycles. The first-order valence-corrected chi connectivity index (χ1v) is 6.52. The minimum atomic E-state index is 0.512. The number of piperazine rings is 1. The summed E-state index contributed by atoms with van der Waals surface area (Å²) in [6, 6.07) is 6.52. The van der Waals surface area contributed by atoms with Crippen LogP contribution in [0.25, 0.3) is 0 Å². The van der Waals surface area contributed by atoms with E-state index in [9.17, 15) is 5.26 Å². The lowest BCUT2D eigenvalue weighted by atomic mass is 10.1. The topological polar surface area (TPSA) is 43.2 Å². The summed E-state index contributed by atoms with van der Waals surface area (Å²) in [6.45, 7) is 10.4. The first-order chi connectivity index (χ1) is 8.65. The first kappa shape index (κ1) is 12.8. The molecule has 96 valence electrons. The lowest BCUT2D eigenvalue weighted by Gasteiger charge is -2.40. The molecule has 0 aromatic carbocycles. The van der Waals surface area contributed by atoms with Crippen LogP contribution in [0, 0.1) is 18.3 Å². The molecule has 1 aromatic rings. The van der Waals surface area contributed by atoms with E-state index in [1.165, 1.54) is 0 Å². The van der Waals surface area contributed by atoms with E-state index in [1.807, 2.05) is 19.1 Å². The molecule has 0 radical (unpaired) electrons. The van der Waals surface area contributed by atoms with Gasteiger partial charge in [-0.15, -0.1) is 0 Å². The van der Waals surface area contributed by atoms with Crippen LogP contribution in [0.1, 0.15) is 25.1 Å². The van der Waals surface area contributed by atoms with E-state index in [2.05, 4.69) is 34.7 Å². The van der Waals surface area contributed by atoms with Crippen molar-refractivity contribution in [3.8, 4) is 6.07 Å². The molecular formula is C14H20N4. The van der Waals surface area contributed by atoms with Gasteiger partial charge < -0.3 is 4.90 Å².